The van der Waals surface area contributed by atoms with Gasteiger partial charge in [-0.05, 0) is 31.0 Å². The van der Waals surface area contributed by atoms with Crippen LogP contribution >= 0.6 is 11.3 Å². The SMILES string of the molecule is Cc1nc(C(C)(C)Cc2cccc(C(=O)O)c2)sc1C(=O)O. The number of hydrogen-bond donors (Lipinski definition) is 2. The van der Waals surface area contributed by atoms with Crippen LogP contribution in [0.25, 0.3) is 0 Å². The third-order valence-electron chi connectivity index (χ3n) is 3.39. The number of rotatable bonds is 5. The van der Waals surface area contributed by atoms with Crippen LogP contribution in [-0.4, -0.2) is 27.1 Å². The van der Waals surface area contributed by atoms with E-state index in [9.17, 15) is 9.59 Å². The first-order valence-corrected chi connectivity index (χ1v) is 7.56. The Bertz CT molecular complexity index is 733. The minimum absolute atomic E-state index is 0.245. The fraction of sp³-hybridized carbons (Fsp3) is 0.312. The molecule has 0 unspecified atom stereocenters. The topological polar surface area (TPSA) is 87.5 Å². The molecule has 0 atom stereocenters. The van der Waals surface area contributed by atoms with Crippen molar-refractivity contribution >= 4 is 23.3 Å². The monoisotopic (exact) mass is 319 g/mol. The van der Waals surface area contributed by atoms with E-state index in [1.165, 1.54) is 11.3 Å². The van der Waals surface area contributed by atoms with Crippen molar-refractivity contribution in [2.45, 2.75) is 32.6 Å². The van der Waals surface area contributed by atoms with Gasteiger partial charge in [-0.1, -0.05) is 26.0 Å². The fourth-order valence-electron chi connectivity index (χ4n) is 2.28. The first-order chi connectivity index (χ1) is 10.2. The summed E-state index contributed by atoms with van der Waals surface area (Å²) in [6.07, 6.45) is 0.583. The van der Waals surface area contributed by atoms with E-state index in [1.54, 1.807) is 25.1 Å². The molecule has 0 aliphatic carbocycles. The molecule has 1 aromatic heterocycles. The number of carbonyl (C=O) groups is 2. The maximum atomic E-state index is 11.1. The number of thiazole rings is 1. The molecule has 0 aliphatic heterocycles. The lowest BCUT2D eigenvalue weighted by Crippen LogP contribution is -2.20. The molecule has 0 fully saturated rings. The van der Waals surface area contributed by atoms with Crippen LogP contribution < -0.4 is 0 Å². The van der Waals surface area contributed by atoms with Crippen molar-refractivity contribution in [2.75, 3.05) is 0 Å². The van der Waals surface area contributed by atoms with Gasteiger partial charge in [-0.3, -0.25) is 0 Å². The number of aryl methyl sites for hydroxylation is 1. The van der Waals surface area contributed by atoms with Gasteiger partial charge in [0.2, 0.25) is 0 Å². The van der Waals surface area contributed by atoms with Crippen molar-refractivity contribution in [3.8, 4) is 0 Å². The standard InChI is InChI=1S/C16H17NO4S/c1-9-12(14(20)21)22-15(17-9)16(2,3)8-10-5-4-6-11(7-10)13(18)19/h4-7H,8H2,1-3H3,(H,18,19)(H,20,21). The summed E-state index contributed by atoms with van der Waals surface area (Å²) >= 11 is 1.18. The number of carboxylic acids is 2. The first-order valence-electron chi connectivity index (χ1n) is 6.74. The Kier molecular flexibility index (Phi) is 4.32. The number of nitrogens with zero attached hydrogens (tertiary/aromatic N) is 1. The number of carboxylic acid groups (broad SMARTS) is 2. The molecular weight excluding hydrogens is 302 g/mol. The molecule has 2 N–H and O–H groups in total. The zero-order valence-electron chi connectivity index (χ0n) is 12.6. The molecule has 0 amide bonds. The third-order valence-corrected chi connectivity index (χ3v) is 4.90. The average Bonchev–Trinajstić information content (AvgIpc) is 2.81. The van der Waals surface area contributed by atoms with Crippen LogP contribution in [0.1, 0.15) is 50.1 Å². The molecule has 0 bridgehead atoms. The predicted octanol–water partition coefficient (Wildman–Crippen LogP) is 3.37. The molecule has 116 valence electrons. The minimum Gasteiger partial charge on any atom is -0.478 e. The van der Waals surface area contributed by atoms with Gasteiger partial charge in [-0.2, -0.15) is 0 Å². The molecule has 22 heavy (non-hydrogen) atoms. The van der Waals surface area contributed by atoms with Crippen LogP contribution in [0.4, 0.5) is 0 Å². The van der Waals surface area contributed by atoms with Gasteiger partial charge in [0.15, 0.2) is 0 Å². The smallest absolute Gasteiger partial charge is 0.347 e. The van der Waals surface area contributed by atoms with Crippen molar-refractivity contribution in [3.05, 3.63) is 51.0 Å². The summed E-state index contributed by atoms with van der Waals surface area (Å²) in [5, 5.41) is 18.9. The fourth-order valence-corrected chi connectivity index (χ4v) is 3.29. The Morgan fingerprint density at radius 3 is 2.45 bits per heavy atom. The molecule has 5 nitrogen and oxygen atoms in total. The Hall–Kier alpha value is -2.21. The lowest BCUT2D eigenvalue weighted by atomic mass is 9.86. The van der Waals surface area contributed by atoms with Gasteiger partial charge in [0.1, 0.15) is 4.88 Å². The number of benzene rings is 1. The van der Waals surface area contributed by atoms with E-state index in [0.717, 1.165) is 10.6 Å². The quantitative estimate of drug-likeness (QED) is 0.882. The molecule has 1 heterocycles. The highest BCUT2D eigenvalue weighted by atomic mass is 32.1. The van der Waals surface area contributed by atoms with Crippen LogP contribution in [0, 0.1) is 6.92 Å². The van der Waals surface area contributed by atoms with Crippen LogP contribution in [-0.2, 0) is 11.8 Å². The lowest BCUT2D eigenvalue weighted by Gasteiger charge is -2.22. The average molecular weight is 319 g/mol. The lowest BCUT2D eigenvalue weighted by molar-refractivity contribution is 0.0687. The molecule has 0 spiro atoms. The summed E-state index contributed by atoms with van der Waals surface area (Å²) in [7, 11) is 0. The number of hydrogen-bond acceptors (Lipinski definition) is 4. The molecule has 6 heteroatoms. The Morgan fingerprint density at radius 1 is 1.23 bits per heavy atom. The second kappa shape index (κ2) is 5.88. The van der Waals surface area contributed by atoms with E-state index in [0.29, 0.717) is 12.1 Å². The third kappa shape index (κ3) is 3.33. The molecule has 0 saturated carbocycles. The number of aromatic nitrogens is 1. The van der Waals surface area contributed by atoms with Crippen LogP contribution in [0.3, 0.4) is 0 Å². The van der Waals surface area contributed by atoms with Crippen molar-refractivity contribution in [1.82, 2.24) is 4.98 Å². The van der Waals surface area contributed by atoms with E-state index >= 15 is 0 Å². The molecular formula is C16H17NO4S. The van der Waals surface area contributed by atoms with Gasteiger partial charge in [-0.25, -0.2) is 14.6 Å². The number of aromatic carboxylic acids is 2. The Balaban J connectivity index is 2.31. The van der Waals surface area contributed by atoms with E-state index in [1.807, 2.05) is 19.9 Å². The highest BCUT2D eigenvalue weighted by Crippen LogP contribution is 2.32. The highest BCUT2D eigenvalue weighted by Gasteiger charge is 2.28. The normalized spacial score (nSPS) is 11.4. The Labute approximate surface area is 132 Å². The van der Waals surface area contributed by atoms with E-state index in [2.05, 4.69) is 4.98 Å². The summed E-state index contributed by atoms with van der Waals surface area (Å²) in [6.45, 7) is 5.64. The molecule has 2 aromatic rings. The zero-order chi connectivity index (χ0) is 16.5. The molecule has 0 saturated heterocycles. The maximum absolute atomic E-state index is 11.1. The zero-order valence-corrected chi connectivity index (χ0v) is 13.4. The largest absolute Gasteiger partial charge is 0.478 e. The summed E-state index contributed by atoms with van der Waals surface area (Å²) < 4.78 is 0. The summed E-state index contributed by atoms with van der Waals surface area (Å²) in [5.74, 6) is -1.93. The molecule has 1 aromatic carbocycles. The van der Waals surface area contributed by atoms with E-state index in [4.69, 9.17) is 10.2 Å². The maximum Gasteiger partial charge on any atom is 0.347 e. The molecule has 2 rings (SSSR count). The van der Waals surface area contributed by atoms with Crippen molar-refractivity contribution < 1.29 is 19.8 Å². The van der Waals surface area contributed by atoms with Crippen molar-refractivity contribution in [2.24, 2.45) is 0 Å². The van der Waals surface area contributed by atoms with Crippen LogP contribution in [0.2, 0.25) is 0 Å². The van der Waals surface area contributed by atoms with Gasteiger partial charge in [0.05, 0.1) is 16.3 Å². The van der Waals surface area contributed by atoms with Gasteiger partial charge < -0.3 is 10.2 Å². The van der Waals surface area contributed by atoms with E-state index in [-0.39, 0.29) is 15.9 Å². The van der Waals surface area contributed by atoms with Gasteiger partial charge in [-0.15, -0.1) is 11.3 Å². The minimum atomic E-state index is -0.968. The summed E-state index contributed by atoms with van der Waals surface area (Å²) in [6, 6.07) is 6.77. The van der Waals surface area contributed by atoms with E-state index < -0.39 is 11.9 Å². The predicted molar refractivity (Wildman–Crippen MR) is 83.9 cm³/mol. The van der Waals surface area contributed by atoms with Crippen molar-refractivity contribution in [3.63, 3.8) is 0 Å². The second-order valence-electron chi connectivity index (χ2n) is 5.80. The molecule has 0 radical (unpaired) electrons. The second-order valence-corrected chi connectivity index (χ2v) is 6.80. The molecule has 0 aliphatic rings. The Morgan fingerprint density at radius 2 is 1.91 bits per heavy atom. The van der Waals surface area contributed by atoms with Gasteiger partial charge in [0.25, 0.3) is 0 Å². The first kappa shape index (κ1) is 16.2. The van der Waals surface area contributed by atoms with Gasteiger partial charge in [0, 0.05) is 5.41 Å². The van der Waals surface area contributed by atoms with Crippen LogP contribution in [0.15, 0.2) is 24.3 Å². The van der Waals surface area contributed by atoms with Crippen LogP contribution in [0.5, 0.6) is 0 Å². The highest BCUT2D eigenvalue weighted by molar-refractivity contribution is 7.13. The summed E-state index contributed by atoms with van der Waals surface area (Å²) in [4.78, 5) is 26.8. The summed E-state index contributed by atoms with van der Waals surface area (Å²) in [5.41, 5.74) is 1.27. The van der Waals surface area contributed by atoms with Crippen molar-refractivity contribution in [1.29, 1.82) is 0 Å². The van der Waals surface area contributed by atoms with Gasteiger partial charge >= 0.3 is 11.9 Å².